The lowest BCUT2D eigenvalue weighted by molar-refractivity contribution is -0.136. The molecule has 4 amide bonds. The van der Waals surface area contributed by atoms with Crippen molar-refractivity contribution in [2.24, 2.45) is 11.8 Å². The fourth-order valence-electron chi connectivity index (χ4n) is 8.21. The number of carbonyl (C=O) groups excluding carboxylic acids is 3. The molecular weight excluding hydrogens is 735 g/mol. The fraction of sp³-hybridized carbons (Fsp3) is 0.425. The first-order chi connectivity index (χ1) is 26.9. The molecule has 56 heavy (non-hydrogen) atoms. The smallest absolute Gasteiger partial charge is 0.407 e. The summed E-state index contributed by atoms with van der Waals surface area (Å²) in [6.07, 6.45) is 3.04. The number of carboxylic acid groups (broad SMARTS) is 1. The Morgan fingerprint density at radius 2 is 1.46 bits per heavy atom. The Bertz CT molecular complexity index is 2510. The lowest BCUT2D eigenvalue weighted by Gasteiger charge is -2.29. The molecule has 2 aliphatic heterocycles. The zero-order chi connectivity index (χ0) is 39.4. The number of alkyl carbamates (subject to hydrolysis) is 1. The van der Waals surface area contributed by atoms with Crippen LogP contribution in [0.5, 0.6) is 0 Å². The van der Waals surface area contributed by atoms with Crippen LogP contribution in [0.15, 0.2) is 42.6 Å². The van der Waals surface area contributed by atoms with E-state index in [1.165, 1.54) is 7.11 Å². The summed E-state index contributed by atoms with van der Waals surface area (Å²) < 4.78 is 5.82. The van der Waals surface area contributed by atoms with Gasteiger partial charge in [0, 0.05) is 23.4 Å². The fourth-order valence-corrected chi connectivity index (χ4v) is 9.36. The van der Waals surface area contributed by atoms with Crippen LogP contribution in [-0.4, -0.2) is 96.1 Å². The second kappa shape index (κ2) is 14.7. The average Bonchev–Trinajstić information content (AvgIpc) is 4.02. The summed E-state index contributed by atoms with van der Waals surface area (Å²) in [5, 5.41) is 16.4. The number of aromatic amines is 2. The molecule has 0 spiro atoms. The minimum atomic E-state index is -1.22. The Morgan fingerprint density at radius 1 is 0.839 bits per heavy atom. The van der Waals surface area contributed by atoms with Crippen LogP contribution >= 0.6 is 11.3 Å². The molecule has 16 heteroatoms. The van der Waals surface area contributed by atoms with E-state index in [4.69, 9.17) is 19.7 Å². The standard InChI is InChI=1S/C40H45N9O6S/c1-19(2)30(46-39(52)53)37(50)48-14-7-9-28(48)36-43-26-18-41-25-16-21(10-12-23(25)32(26)44-36)29-17-22-11-13-24-33(34(22)56-29)45-35(42-24)27-8-6-15-49(27)38(51)31(20(3)4)47-40(54)55-5/h10-13,16-20,27-28,30-31,46H,6-9,14-15H2,1-5H3,(H,42,45)(H,43,44)(H,47,54)(H,52,53)/t27-,28-,30-,31-/m0/s1. The molecule has 292 valence electrons. The Morgan fingerprint density at radius 3 is 2.09 bits per heavy atom. The molecule has 0 radical (unpaired) electrons. The molecule has 15 nitrogen and oxygen atoms in total. The number of nitrogens with zero attached hydrogens (tertiary/aromatic N) is 5. The number of imidazole rings is 2. The molecule has 2 aromatic carbocycles. The van der Waals surface area contributed by atoms with Gasteiger partial charge in [-0.1, -0.05) is 39.8 Å². The van der Waals surface area contributed by atoms with Crippen molar-refractivity contribution in [3.63, 3.8) is 0 Å². The molecule has 5 N–H and O–H groups in total. The van der Waals surface area contributed by atoms with Gasteiger partial charge in [-0.25, -0.2) is 19.6 Å². The normalized spacial score (nSPS) is 18.5. The number of H-pyrrole nitrogens is 2. The van der Waals surface area contributed by atoms with Crippen LogP contribution in [0.1, 0.15) is 77.1 Å². The van der Waals surface area contributed by atoms with E-state index >= 15 is 0 Å². The number of benzene rings is 2. The quantitative estimate of drug-likeness (QED) is 0.104. The molecular formula is C40H45N9O6S. The van der Waals surface area contributed by atoms with Crippen molar-refractivity contribution in [3.8, 4) is 10.4 Å². The molecule has 0 aliphatic carbocycles. The molecule has 0 unspecified atom stereocenters. The van der Waals surface area contributed by atoms with Gasteiger partial charge in [0.15, 0.2) is 0 Å². The van der Waals surface area contributed by atoms with Crippen LogP contribution in [0, 0.1) is 11.8 Å². The Kier molecular flexibility index (Phi) is 9.76. The maximum Gasteiger partial charge on any atom is 0.407 e. The molecule has 4 atom stereocenters. The second-order valence-corrected chi connectivity index (χ2v) is 16.4. The third-order valence-corrected chi connectivity index (χ3v) is 12.3. The summed E-state index contributed by atoms with van der Waals surface area (Å²) >= 11 is 1.65. The SMILES string of the molecule is COC(=O)N[C@H](C(=O)N1CCC[C@H]1c1nc2c(ccc3cc(-c4ccc5c(c4)ncc4[nH]c([C@@H]6CCCN6C(=O)[C@@H](NC(=O)O)C(C)C)nc45)sc32)[nH]1)C(C)C. The van der Waals surface area contributed by atoms with Crippen molar-refractivity contribution >= 4 is 78.4 Å². The number of likely N-dealkylation sites (tertiary alicyclic amines) is 2. The summed E-state index contributed by atoms with van der Waals surface area (Å²) in [6, 6.07) is 10.4. The van der Waals surface area contributed by atoms with Gasteiger partial charge in [-0.15, -0.1) is 11.3 Å². The maximum atomic E-state index is 13.7. The third-order valence-electron chi connectivity index (χ3n) is 11.1. The molecule has 2 saturated heterocycles. The Balaban J connectivity index is 1.07. The molecule has 4 aromatic heterocycles. The Labute approximate surface area is 326 Å². The first-order valence-electron chi connectivity index (χ1n) is 19.1. The number of pyridine rings is 1. The molecule has 6 heterocycles. The number of fused-ring (bicyclic) bond motifs is 6. The van der Waals surface area contributed by atoms with Gasteiger partial charge in [0.05, 0.1) is 52.2 Å². The summed E-state index contributed by atoms with van der Waals surface area (Å²) in [5.74, 6) is 0.675. The molecule has 2 aliphatic rings. The van der Waals surface area contributed by atoms with E-state index < -0.39 is 24.3 Å². The number of amides is 4. The van der Waals surface area contributed by atoms with Crippen molar-refractivity contribution in [2.45, 2.75) is 77.5 Å². The van der Waals surface area contributed by atoms with Gasteiger partial charge in [-0.05, 0) is 72.7 Å². The summed E-state index contributed by atoms with van der Waals surface area (Å²) in [4.78, 5) is 77.1. The van der Waals surface area contributed by atoms with Crippen molar-refractivity contribution < 1.29 is 29.0 Å². The van der Waals surface area contributed by atoms with Crippen molar-refractivity contribution in [2.75, 3.05) is 20.2 Å². The average molecular weight is 780 g/mol. The van der Waals surface area contributed by atoms with Crippen LogP contribution in [0.4, 0.5) is 9.59 Å². The lowest BCUT2D eigenvalue weighted by atomic mass is 10.0. The number of hydrogen-bond donors (Lipinski definition) is 5. The number of methoxy groups -OCH3 is 1. The first-order valence-corrected chi connectivity index (χ1v) is 19.9. The number of rotatable bonds is 9. The highest BCUT2D eigenvalue weighted by Crippen LogP contribution is 2.41. The minimum absolute atomic E-state index is 0.121. The van der Waals surface area contributed by atoms with E-state index in [0.717, 1.165) is 85.0 Å². The number of hydrogen-bond acceptors (Lipinski definition) is 9. The summed E-state index contributed by atoms with van der Waals surface area (Å²) in [5.41, 5.74) is 5.07. The van der Waals surface area contributed by atoms with Crippen LogP contribution in [0.25, 0.3) is 53.5 Å². The molecule has 6 aromatic rings. The van der Waals surface area contributed by atoms with E-state index in [1.54, 1.807) is 22.4 Å². The van der Waals surface area contributed by atoms with Crippen LogP contribution in [0.2, 0.25) is 0 Å². The van der Waals surface area contributed by atoms with E-state index in [-0.39, 0.29) is 35.7 Å². The predicted molar refractivity (Wildman–Crippen MR) is 213 cm³/mol. The number of carbonyl (C=O) groups is 4. The Hall–Kier alpha value is -5.77. The summed E-state index contributed by atoms with van der Waals surface area (Å²) in [6.45, 7) is 8.57. The topological polar surface area (TPSA) is 199 Å². The highest BCUT2D eigenvalue weighted by molar-refractivity contribution is 7.23. The van der Waals surface area contributed by atoms with Crippen LogP contribution in [0.3, 0.4) is 0 Å². The number of thiophene rings is 1. The molecule has 0 bridgehead atoms. The van der Waals surface area contributed by atoms with Crippen molar-refractivity contribution in [1.29, 1.82) is 0 Å². The highest BCUT2D eigenvalue weighted by atomic mass is 32.1. The number of aromatic nitrogens is 5. The van der Waals surface area contributed by atoms with E-state index in [2.05, 4.69) is 44.9 Å². The summed E-state index contributed by atoms with van der Waals surface area (Å²) in [7, 11) is 1.29. The van der Waals surface area contributed by atoms with Crippen molar-refractivity contribution in [3.05, 3.63) is 54.2 Å². The largest absolute Gasteiger partial charge is 0.465 e. The maximum absolute atomic E-state index is 13.7. The van der Waals surface area contributed by atoms with E-state index in [1.807, 2.05) is 44.7 Å². The monoisotopic (exact) mass is 779 g/mol. The number of nitrogens with one attached hydrogen (secondary N) is 4. The molecule has 0 saturated carbocycles. The number of ether oxygens (including phenoxy) is 1. The van der Waals surface area contributed by atoms with Crippen LogP contribution < -0.4 is 10.6 Å². The highest BCUT2D eigenvalue weighted by Gasteiger charge is 2.39. The van der Waals surface area contributed by atoms with Gasteiger partial charge in [0.2, 0.25) is 11.8 Å². The predicted octanol–water partition coefficient (Wildman–Crippen LogP) is 6.87. The third kappa shape index (κ3) is 6.65. The molecule has 2 fully saturated rings. The van der Waals surface area contributed by atoms with Crippen molar-refractivity contribution in [1.82, 2.24) is 45.4 Å². The van der Waals surface area contributed by atoms with E-state index in [0.29, 0.717) is 18.9 Å². The minimum Gasteiger partial charge on any atom is -0.465 e. The van der Waals surface area contributed by atoms with Gasteiger partial charge in [0.25, 0.3) is 0 Å². The van der Waals surface area contributed by atoms with E-state index in [9.17, 15) is 24.3 Å². The van der Waals surface area contributed by atoms with Crippen LogP contribution in [-0.2, 0) is 14.3 Å². The van der Waals surface area contributed by atoms with Gasteiger partial charge in [-0.2, -0.15) is 0 Å². The lowest BCUT2D eigenvalue weighted by Crippen LogP contribution is -2.51. The van der Waals surface area contributed by atoms with Gasteiger partial charge < -0.3 is 40.2 Å². The zero-order valence-electron chi connectivity index (χ0n) is 31.9. The second-order valence-electron chi connectivity index (χ2n) is 15.4. The van der Waals surface area contributed by atoms with Gasteiger partial charge >= 0.3 is 12.2 Å². The molecule has 8 rings (SSSR count). The first kappa shape index (κ1) is 37.2. The van der Waals surface area contributed by atoms with Gasteiger partial charge in [-0.3, -0.25) is 14.6 Å². The zero-order valence-corrected chi connectivity index (χ0v) is 32.7. The van der Waals surface area contributed by atoms with Gasteiger partial charge in [0.1, 0.15) is 29.2 Å².